The van der Waals surface area contributed by atoms with Crippen LogP contribution in [0.1, 0.15) is 44.6 Å². The maximum atomic E-state index is 13.6. The standard InChI is InChI=1S/C16H24FNO/c1-2-18-15-10-4-3-5-11-16(15)19-12-13-8-6-7-9-14(13)17/h6-9,15-16,18H,2-5,10-12H2,1H3. The molecule has 1 aliphatic carbocycles. The smallest absolute Gasteiger partial charge is 0.128 e. The number of rotatable bonds is 5. The molecule has 1 fully saturated rings. The highest BCUT2D eigenvalue weighted by molar-refractivity contribution is 5.16. The molecule has 2 rings (SSSR count). The summed E-state index contributed by atoms with van der Waals surface area (Å²) in [6.45, 7) is 3.46. The first-order valence-electron chi connectivity index (χ1n) is 7.39. The van der Waals surface area contributed by atoms with E-state index in [2.05, 4.69) is 12.2 Å². The molecule has 2 atom stereocenters. The molecule has 19 heavy (non-hydrogen) atoms. The zero-order chi connectivity index (χ0) is 13.5. The summed E-state index contributed by atoms with van der Waals surface area (Å²) in [5, 5.41) is 3.51. The van der Waals surface area contributed by atoms with Gasteiger partial charge >= 0.3 is 0 Å². The Hall–Kier alpha value is -0.930. The predicted molar refractivity (Wildman–Crippen MR) is 75.5 cm³/mol. The molecule has 1 aromatic rings. The van der Waals surface area contributed by atoms with Gasteiger partial charge in [0.2, 0.25) is 0 Å². The first-order chi connectivity index (χ1) is 9.31. The molecule has 1 aromatic carbocycles. The lowest BCUT2D eigenvalue weighted by atomic mass is 10.1. The number of hydrogen-bond donors (Lipinski definition) is 1. The Morgan fingerprint density at radius 2 is 2.00 bits per heavy atom. The fourth-order valence-electron chi connectivity index (χ4n) is 2.78. The summed E-state index contributed by atoms with van der Waals surface area (Å²) in [6.07, 6.45) is 6.20. The fourth-order valence-corrected chi connectivity index (χ4v) is 2.78. The van der Waals surface area contributed by atoms with Crippen LogP contribution in [-0.2, 0) is 11.3 Å². The van der Waals surface area contributed by atoms with Gasteiger partial charge in [-0.1, -0.05) is 44.4 Å². The third-order valence-electron chi connectivity index (χ3n) is 3.83. The normalized spacial score (nSPS) is 24.1. The Labute approximate surface area is 115 Å². The van der Waals surface area contributed by atoms with E-state index in [1.807, 2.05) is 6.07 Å². The van der Waals surface area contributed by atoms with E-state index < -0.39 is 0 Å². The van der Waals surface area contributed by atoms with Gasteiger partial charge in [-0.3, -0.25) is 0 Å². The first kappa shape index (κ1) is 14.5. The second kappa shape index (κ2) is 7.61. The summed E-state index contributed by atoms with van der Waals surface area (Å²) in [5.74, 6) is -0.170. The molecule has 0 bridgehead atoms. The minimum atomic E-state index is -0.170. The van der Waals surface area contributed by atoms with E-state index in [0.29, 0.717) is 18.2 Å². The van der Waals surface area contributed by atoms with Gasteiger partial charge in [-0.15, -0.1) is 0 Å². The lowest BCUT2D eigenvalue weighted by Gasteiger charge is -2.26. The van der Waals surface area contributed by atoms with Gasteiger partial charge in [-0.2, -0.15) is 0 Å². The van der Waals surface area contributed by atoms with Crippen molar-refractivity contribution in [2.24, 2.45) is 0 Å². The van der Waals surface area contributed by atoms with Crippen LogP contribution in [0.5, 0.6) is 0 Å². The van der Waals surface area contributed by atoms with Crippen LogP contribution in [0.25, 0.3) is 0 Å². The number of ether oxygens (including phenoxy) is 1. The van der Waals surface area contributed by atoms with E-state index >= 15 is 0 Å². The molecule has 0 radical (unpaired) electrons. The van der Waals surface area contributed by atoms with Crippen molar-refractivity contribution in [3.05, 3.63) is 35.6 Å². The van der Waals surface area contributed by atoms with Crippen LogP contribution in [0.3, 0.4) is 0 Å². The van der Waals surface area contributed by atoms with Crippen LogP contribution in [0.15, 0.2) is 24.3 Å². The number of halogens is 1. The van der Waals surface area contributed by atoms with Gasteiger partial charge in [-0.05, 0) is 25.5 Å². The van der Waals surface area contributed by atoms with Gasteiger partial charge < -0.3 is 10.1 Å². The summed E-state index contributed by atoms with van der Waals surface area (Å²) in [6, 6.07) is 7.28. The van der Waals surface area contributed by atoms with Gasteiger partial charge in [-0.25, -0.2) is 4.39 Å². The molecule has 106 valence electrons. The highest BCUT2D eigenvalue weighted by atomic mass is 19.1. The van der Waals surface area contributed by atoms with Crippen LogP contribution in [0, 0.1) is 5.82 Å². The molecule has 2 nitrogen and oxygen atoms in total. The molecule has 3 heteroatoms. The third-order valence-corrected chi connectivity index (χ3v) is 3.83. The van der Waals surface area contributed by atoms with E-state index in [1.165, 1.54) is 25.3 Å². The van der Waals surface area contributed by atoms with Crippen molar-refractivity contribution in [3.63, 3.8) is 0 Å². The van der Waals surface area contributed by atoms with Gasteiger partial charge in [0.05, 0.1) is 12.7 Å². The van der Waals surface area contributed by atoms with Gasteiger partial charge in [0.25, 0.3) is 0 Å². The maximum absolute atomic E-state index is 13.6. The Morgan fingerprint density at radius 1 is 1.21 bits per heavy atom. The quantitative estimate of drug-likeness (QED) is 0.820. The molecular weight excluding hydrogens is 241 g/mol. The van der Waals surface area contributed by atoms with Crippen molar-refractivity contribution in [3.8, 4) is 0 Å². The highest BCUT2D eigenvalue weighted by Gasteiger charge is 2.23. The van der Waals surface area contributed by atoms with E-state index in [1.54, 1.807) is 12.1 Å². The molecule has 1 saturated carbocycles. The van der Waals surface area contributed by atoms with Crippen molar-refractivity contribution in [1.29, 1.82) is 0 Å². The average molecular weight is 265 g/mol. The molecule has 1 aliphatic rings. The number of likely N-dealkylation sites (N-methyl/N-ethyl adjacent to an activating group) is 1. The van der Waals surface area contributed by atoms with E-state index in [0.717, 1.165) is 19.4 Å². The minimum Gasteiger partial charge on any atom is -0.372 e. The van der Waals surface area contributed by atoms with Crippen LogP contribution in [0.4, 0.5) is 4.39 Å². The van der Waals surface area contributed by atoms with Crippen molar-refractivity contribution in [2.75, 3.05) is 6.54 Å². The second-order valence-corrected chi connectivity index (χ2v) is 5.24. The Bertz CT molecular complexity index is 383. The summed E-state index contributed by atoms with van der Waals surface area (Å²) in [7, 11) is 0. The SMILES string of the molecule is CCNC1CCCCCC1OCc1ccccc1F. The van der Waals surface area contributed by atoms with E-state index in [9.17, 15) is 4.39 Å². The third kappa shape index (κ3) is 4.29. The molecular formula is C16H24FNO. The Balaban J connectivity index is 1.93. The minimum absolute atomic E-state index is 0.170. The topological polar surface area (TPSA) is 21.3 Å². The van der Waals surface area contributed by atoms with Gasteiger partial charge in [0.15, 0.2) is 0 Å². The number of hydrogen-bond acceptors (Lipinski definition) is 2. The predicted octanol–water partition coefficient (Wildman–Crippen LogP) is 3.65. The lowest BCUT2D eigenvalue weighted by Crippen LogP contribution is -2.40. The van der Waals surface area contributed by atoms with Gasteiger partial charge in [0, 0.05) is 11.6 Å². The number of benzene rings is 1. The maximum Gasteiger partial charge on any atom is 0.128 e. The summed E-state index contributed by atoms with van der Waals surface area (Å²) in [5.41, 5.74) is 0.655. The summed E-state index contributed by atoms with van der Waals surface area (Å²) in [4.78, 5) is 0. The van der Waals surface area contributed by atoms with Gasteiger partial charge in [0.1, 0.15) is 5.82 Å². The molecule has 0 aromatic heterocycles. The van der Waals surface area contributed by atoms with Crippen molar-refractivity contribution in [2.45, 2.75) is 57.8 Å². The van der Waals surface area contributed by atoms with Crippen LogP contribution in [0.2, 0.25) is 0 Å². The Kier molecular flexibility index (Phi) is 5.80. The Morgan fingerprint density at radius 3 is 2.79 bits per heavy atom. The summed E-state index contributed by atoms with van der Waals surface area (Å²) < 4.78 is 19.6. The van der Waals surface area contributed by atoms with Crippen molar-refractivity contribution in [1.82, 2.24) is 5.32 Å². The molecule has 0 spiro atoms. The van der Waals surface area contributed by atoms with Crippen LogP contribution < -0.4 is 5.32 Å². The zero-order valence-corrected chi connectivity index (χ0v) is 11.7. The molecule has 0 saturated heterocycles. The van der Waals surface area contributed by atoms with E-state index in [4.69, 9.17) is 4.74 Å². The van der Waals surface area contributed by atoms with Crippen molar-refractivity contribution >= 4 is 0 Å². The zero-order valence-electron chi connectivity index (χ0n) is 11.7. The average Bonchev–Trinajstić information content (AvgIpc) is 2.64. The summed E-state index contributed by atoms with van der Waals surface area (Å²) >= 11 is 0. The first-order valence-corrected chi connectivity index (χ1v) is 7.39. The fraction of sp³-hybridized carbons (Fsp3) is 0.625. The molecule has 0 amide bonds. The van der Waals surface area contributed by atoms with Crippen molar-refractivity contribution < 1.29 is 9.13 Å². The number of nitrogens with one attached hydrogen (secondary N) is 1. The van der Waals surface area contributed by atoms with E-state index in [-0.39, 0.29) is 11.9 Å². The molecule has 1 N–H and O–H groups in total. The lowest BCUT2D eigenvalue weighted by molar-refractivity contribution is 0.00982. The second-order valence-electron chi connectivity index (χ2n) is 5.24. The molecule has 0 aliphatic heterocycles. The largest absolute Gasteiger partial charge is 0.372 e. The van der Waals surface area contributed by atoms with Crippen LogP contribution in [-0.4, -0.2) is 18.7 Å². The molecule has 0 heterocycles. The van der Waals surface area contributed by atoms with Crippen LogP contribution >= 0.6 is 0 Å². The molecule has 2 unspecified atom stereocenters. The monoisotopic (exact) mass is 265 g/mol. The highest BCUT2D eigenvalue weighted by Crippen LogP contribution is 2.22.